The van der Waals surface area contributed by atoms with E-state index in [1.807, 2.05) is 62.5 Å². The van der Waals surface area contributed by atoms with E-state index in [1.54, 1.807) is 19.5 Å². The Hall–Kier alpha value is -3.81. The molecule has 4 N–H and O–H groups in total. The molecular formula is C23H29N5O3. The van der Waals surface area contributed by atoms with Crippen LogP contribution in [0.4, 0.5) is 5.69 Å². The standard InChI is InChI=1S/C17H21N3O2.C6H8N2O/c1-19-14-6-4-5-13(11-14)16(20-17(18)22-3)12-7-9-15(21-2)10-8-12;1-5-2-8-6(4-9)3-7-5/h4-11,16,19H,1-3H3,(H2,18,20);2-4,6,8H,1H3. The smallest absolute Gasteiger partial charge is 0.282 e. The number of aldehydes is 1. The molecule has 1 heterocycles. The summed E-state index contributed by atoms with van der Waals surface area (Å²) in [5.41, 5.74) is 9.71. The Morgan fingerprint density at radius 3 is 2.52 bits per heavy atom. The second-order valence-electron chi connectivity index (χ2n) is 6.62. The highest BCUT2D eigenvalue weighted by Crippen LogP contribution is 2.29. The predicted molar refractivity (Wildman–Crippen MR) is 125 cm³/mol. The van der Waals surface area contributed by atoms with E-state index in [4.69, 9.17) is 15.2 Å². The highest BCUT2D eigenvalue weighted by molar-refractivity contribution is 5.86. The second-order valence-corrected chi connectivity index (χ2v) is 6.62. The van der Waals surface area contributed by atoms with Crippen molar-refractivity contribution in [2.24, 2.45) is 15.7 Å². The van der Waals surface area contributed by atoms with Crippen LogP contribution in [0, 0.1) is 0 Å². The highest BCUT2D eigenvalue weighted by atomic mass is 16.5. The zero-order valence-electron chi connectivity index (χ0n) is 18.2. The van der Waals surface area contributed by atoms with Gasteiger partial charge in [-0.05, 0) is 42.3 Å². The number of ether oxygens (including phenoxy) is 2. The van der Waals surface area contributed by atoms with Gasteiger partial charge in [0, 0.05) is 25.1 Å². The van der Waals surface area contributed by atoms with Crippen LogP contribution in [0.3, 0.4) is 0 Å². The molecular weight excluding hydrogens is 394 g/mol. The van der Waals surface area contributed by atoms with E-state index < -0.39 is 0 Å². The number of carbonyl (C=O) groups excluding carboxylic acids is 1. The number of amidine groups is 1. The molecule has 0 radical (unpaired) electrons. The quantitative estimate of drug-likeness (QED) is 0.374. The Morgan fingerprint density at radius 1 is 1.23 bits per heavy atom. The Balaban J connectivity index is 0.000000316. The summed E-state index contributed by atoms with van der Waals surface area (Å²) in [6.45, 7) is 1.87. The lowest BCUT2D eigenvalue weighted by Gasteiger charge is -2.16. The number of allylic oxidation sites excluding steroid dienone is 1. The molecule has 2 aromatic carbocycles. The van der Waals surface area contributed by atoms with Gasteiger partial charge in [0.15, 0.2) is 0 Å². The maximum atomic E-state index is 10.1. The second kappa shape index (κ2) is 12.0. The fraction of sp³-hybridized carbons (Fsp3) is 0.261. The summed E-state index contributed by atoms with van der Waals surface area (Å²) in [6, 6.07) is 15.5. The molecule has 2 atom stereocenters. The summed E-state index contributed by atoms with van der Waals surface area (Å²) in [6.07, 6.45) is 4.12. The molecule has 0 aromatic heterocycles. The maximum Gasteiger partial charge on any atom is 0.282 e. The first-order valence-corrected chi connectivity index (χ1v) is 9.72. The van der Waals surface area contributed by atoms with Gasteiger partial charge in [-0.2, -0.15) is 0 Å². The number of anilines is 1. The molecule has 164 valence electrons. The number of hydrogen-bond donors (Lipinski definition) is 3. The number of aliphatic imine (C=N–C) groups is 2. The molecule has 2 aromatic rings. The van der Waals surface area contributed by atoms with Crippen LogP contribution in [0.15, 0.2) is 70.4 Å². The average molecular weight is 424 g/mol. The zero-order chi connectivity index (χ0) is 22.6. The number of carbonyl (C=O) groups is 1. The van der Waals surface area contributed by atoms with E-state index >= 15 is 0 Å². The third-order valence-electron chi connectivity index (χ3n) is 4.46. The van der Waals surface area contributed by atoms with Crippen molar-refractivity contribution in [2.45, 2.75) is 19.0 Å². The van der Waals surface area contributed by atoms with Gasteiger partial charge in [-0.25, -0.2) is 4.99 Å². The number of nitrogens with zero attached hydrogens (tertiary/aromatic N) is 2. The van der Waals surface area contributed by atoms with Crippen molar-refractivity contribution in [1.82, 2.24) is 5.32 Å². The molecule has 0 saturated carbocycles. The Kier molecular flexibility index (Phi) is 9.10. The molecule has 0 fully saturated rings. The largest absolute Gasteiger partial charge is 0.497 e. The number of hydrogen-bond acceptors (Lipinski definition) is 7. The average Bonchev–Trinajstić information content (AvgIpc) is 2.83. The number of nitrogens with one attached hydrogen (secondary N) is 2. The van der Waals surface area contributed by atoms with Gasteiger partial charge in [-0.1, -0.05) is 24.3 Å². The first kappa shape index (κ1) is 23.5. The topological polar surface area (TPSA) is 110 Å². The van der Waals surface area contributed by atoms with Crippen LogP contribution in [0.25, 0.3) is 0 Å². The summed E-state index contributed by atoms with van der Waals surface area (Å²) in [5, 5.41) is 5.97. The van der Waals surface area contributed by atoms with Gasteiger partial charge in [0.2, 0.25) is 0 Å². The van der Waals surface area contributed by atoms with Gasteiger partial charge < -0.3 is 30.6 Å². The van der Waals surface area contributed by atoms with E-state index in [2.05, 4.69) is 20.6 Å². The van der Waals surface area contributed by atoms with Gasteiger partial charge in [0.1, 0.15) is 24.1 Å². The van der Waals surface area contributed by atoms with Crippen LogP contribution in [0.2, 0.25) is 0 Å². The number of methoxy groups -OCH3 is 2. The van der Waals surface area contributed by atoms with Crippen LogP contribution >= 0.6 is 0 Å². The van der Waals surface area contributed by atoms with E-state index in [-0.39, 0.29) is 18.1 Å². The molecule has 1 aliphatic rings. The van der Waals surface area contributed by atoms with Crippen LogP contribution in [0.5, 0.6) is 5.75 Å². The van der Waals surface area contributed by atoms with Crippen LogP contribution in [-0.2, 0) is 9.53 Å². The first-order valence-electron chi connectivity index (χ1n) is 9.72. The van der Waals surface area contributed by atoms with Gasteiger partial charge in [-0.15, -0.1) is 0 Å². The summed E-state index contributed by atoms with van der Waals surface area (Å²) in [4.78, 5) is 18.5. The lowest BCUT2D eigenvalue weighted by Crippen LogP contribution is -2.29. The van der Waals surface area contributed by atoms with Gasteiger partial charge in [0.25, 0.3) is 6.02 Å². The minimum Gasteiger partial charge on any atom is -0.497 e. The minimum atomic E-state index is -0.237. The molecule has 3 rings (SSSR count). The number of rotatable bonds is 6. The van der Waals surface area contributed by atoms with E-state index in [1.165, 1.54) is 7.11 Å². The first-order chi connectivity index (χ1) is 15.0. The van der Waals surface area contributed by atoms with Crippen LogP contribution in [-0.4, -0.2) is 45.8 Å². The Bertz CT molecular complexity index is 938. The van der Waals surface area contributed by atoms with Crippen molar-refractivity contribution in [2.75, 3.05) is 26.6 Å². The lowest BCUT2D eigenvalue weighted by molar-refractivity contribution is -0.108. The molecule has 2 unspecified atom stereocenters. The van der Waals surface area contributed by atoms with Crippen molar-refractivity contribution < 1.29 is 14.3 Å². The molecule has 0 spiro atoms. The molecule has 0 saturated heterocycles. The maximum absolute atomic E-state index is 10.1. The fourth-order valence-corrected chi connectivity index (χ4v) is 2.74. The molecule has 0 aliphatic carbocycles. The van der Waals surface area contributed by atoms with Gasteiger partial charge in [0.05, 0.1) is 19.9 Å². The van der Waals surface area contributed by atoms with Crippen molar-refractivity contribution in [3.05, 3.63) is 71.6 Å². The molecule has 1 aliphatic heterocycles. The van der Waals surface area contributed by atoms with Crippen LogP contribution < -0.4 is 21.1 Å². The van der Waals surface area contributed by atoms with E-state index in [0.29, 0.717) is 0 Å². The summed E-state index contributed by atoms with van der Waals surface area (Å²) in [5.74, 6) is 0.801. The van der Waals surface area contributed by atoms with Gasteiger partial charge >= 0.3 is 0 Å². The molecule has 0 bridgehead atoms. The van der Waals surface area contributed by atoms with Gasteiger partial charge in [-0.3, -0.25) is 4.99 Å². The van der Waals surface area contributed by atoms with Crippen molar-refractivity contribution in [3.8, 4) is 5.75 Å². The molecule has 0 amide bonds. The minimum absolute atomic E-state index is 0.149. The molecule has 31 heavy (non-hydrogen) atoms. The van der Waals surface area contributed by atoms with E-state index in [9.17, 15) is 4.79 Å². The highest BCUT2D eigenvalue weighted by Gasteiger charge is 2.15. The Labute approximate surface area is 182 Å². The predicted octanol–water partition coefficient (Wildman–Crippen LogP) is 2.88. The number of nitrogens with two attached hydrogens (primary N) is 1. The monoisotopic (exact) mass is 423 g/mol. The summed E-state index contributed by atoms with van der Waals surface area (Å²) < 4.78 is 10.2. The SMILES string of the molecule is CC1=CNC(C=O)C=N1.CNc1cccc(C(N=C(N)OC)c2ccc(OC)cc2)c1. The zero-order valence-corrected chi connectivity index (χ0v) is 18.2. The normalized spacial score (nSPS) is 16.1. The summed E-state index contributed by atoms with van der Waals surface area (Å²) in [7, 11) is 5.03. The van der Waals surface area contributed by atoms with Crippen molar-refractivity contribution in [3.63, 3.8) is 0 Å². The Morgan fingerprint density at radius 2 is 1.97 bits per heavy atom. The lowest BCUT2D eigenvalue weighted by atomic mass is 9.98. The van der Waals surface area contributed by atoms with E-state index in [0.717, 1.165) is 34.5 Å². The summed E-state index contributed by atoms with van der Waals surface area (Å²) >= 11 is 0. The molecule has 8 heteroatoms. The van der Waals surface area contributed by atoms with Crippen molar-refractivity contribution in [1.29, 1.82) is 0 Å². The fourth-order valence-electron chi connectivity index (χ4n) is 2.74. The number of benzene rings is 2. The third kappa shape index (κ3) is 7.18. The van der Waals surface area contributed by atoms with Crippen LogP contribution in [0.1, 0.15) is 24.1 Å². The third-order valence-corrected chi connectivity index (χ3v) is 4.46. The van der Waals surface area contributed by atoms with Crippen molar-refractivity contribution >= 4 is 24.2 Å². The molecule has 8 nitrogen and oxygen atoms in total.